The smallest absolute Gasteiger partial charge is 0.123 e. The number of ether oxygens (including phenoxy) is 1. The Balaban J connectivity index is 1.52. The van der Waals surface area contributed by atoms with Crippen LogP contribution in [0.5, 0.6) is 0 Å². The van der Waals surface area contributed by atoms with Crippen LogP contribution >= 0.6 is 0 Å². The topological polar surface area (TPSA) is 82.4 Å². The number of benzene rings is 2. The second kappa shape index (κ2) is 7.67. The minimum absolute atomic E-state index is 0.233. The Bertz CT molecular complexity index is 741. The molecule has 0 bridgehead atoms. The molecule has 0 aromatic heterocycles. The fraction of sp³-hybridized carbons (Fsp3) is 0.429. The van der Waals surface area contributed by atoms with E-state index in [1.165, 1.54) is 0 Å². The molecule has 2 aromatic rings. The fourth-order valence-corrected chi connectivity index (χ4v) is 4.22. The summed E-state index contributed by atoms with van der Waals surface area (Å²) in [6.07, 6.45) is -1.86. The highest BCUT2D eigenvalue weighted by molar-refractivity contribution is 5.18. The van der Waals surface area contributed by atoms with Gasteiger partial charge in [-0.1, -0.05) is 60.7 Å². The summed E-state index contributed by atoms with van der Waals surface area (Å²) >= 11 is 0. The average molecular weight is 371 g/mol. The molecule has 144 valence electrons. The molecule has 6 heteroatoms. The molecular formula is C21H25NO5. The quantitative estimate of drug-likeness (QED) is 0.706. The van der Waals surface area contributed by atoms with Gasteiger partial charge in [0.2, 0.25) is 0 Å². The molecule has 4 rings (SSSR count). The molecule has 0 amide bonds. The van der Waals surface area contributed by atoms with E-state index in [1.54, 1.807) is 5.06 Å². The highest BCUT2D eigenvalue weighted by Crippen LogP contribution is 2.45. The van der Waals surface area contributed by atoms with Gasteiger partial charge in [-0.2, -0.15) is 5.06 Å². The maximum Gasteiger partial charge on any atom is 0.123 e. The van der Waals surface area contributed by atoms with Crippen molar-refractivity contribution >= 4 is 0 Å². The van der Waals surface area contributed by atoms with Gasteiger partial charge in [0.25, 0.3) is 0 Å². The van der Waals surface area contributed by atoms with Crippen LogP contribution in [0.3, 0.4) is 0 Å². The molecule has 1 heterocycles. The third-order valence-electron chi connectivity index (χ3n) is 5.67. The molecule has 6 nitrogen and oxygen atoms in total. The second-order valence-corrected chi connectivity index (χ2v) is 7.31. The highest BCUT2D eigenvalue weighted by Gasteiger charge is 2.64. The molecule has 1 saturated heterocycles. The van der Waals surface area contributed by atoms with Gasteiger partial charge in [-0.3, -0.25) is 4.84 Å². The molecule has 1 aliphatic carbocycles. The fourth-order valence-electron chi connectivity index (χ4n) is 4.22. The van der Waals surface area contributed by atoms with Crippen molar-refractivity contribution < 1.29 is 24.9 Å². The summed E-state index contributed by atoms with van der Waals surface area (Å²) in [6.45, 7) is 0.486. The molecule has 2 unspecified atom stereocenters. The summed E-state index contributed by atoms with van der Waals surface area (Å²) in [5.74, 6) is -0.429. The normalized spacial score (nSPS) is 33.3. The number of rotatable bonds is 6. The molecule has 0 radical (unpaired) electrons. The zero-order valence-corrected chi connectivity index (χ0v) is 15.0. The molecule has 2 fully saturated rings. The van der Waals surface area contributed by atoms with E-state index in [0.29, 0.717) is 6.54 Å². The van der Waals surface area contributed by atoms with Crippen molar-refractivity contribution in [2.45, 2.75) is 37.0 Å². The minimum Gasteiger partial charge on any atom is -0.393 e. The van der Waals surface area contributed by atoms with E-state index in [9.17, 15) is 15.3 Å². The van der Waals surface area contributed by atoms with E-state index < -0.39 is 36.4 Å². The lowest BCUT2D eigenvalue weighted by molar-refractivity contribution is -0.198. The predicted octanol–water partition coefficient (Wildman–Crippen LogP) is 1.10. The van der Waals surface area contributed by atoms with Crippen molar-refractivity contribution in [1.29, 1.82) is 0 Å². The van der Waals surface area contributed by atoms with Crippen LogP contribution in [0.1, 0.15) is 11.1 Å². The number of hydroxylamine groups is 2. The van der Waals surface area contributed by atoms with Gasteiger partial charge in [0.15, 0.2) is 0 Å². The number of hydrogen-bond donors (Lipinski definition) is 3. The molecule has 2 aromatic carbocycles. The third kappa shape index (κ3) is 3.40. The van der Waals surface area contributed by atoms with E-state index in [4.69, 9.17) is 9.57 Å². The Kier molecular flexibility index (Phi) is 5.27. The van der Waals surface area contributed by atoms with E-state index >= 15 is 0 Å². The Morgan fingerprint density at radius 1 is 1.04 bits per heavy atom. The van der Waals surface area contributed by atoms with E-state index in [0.717, 1.165) is 11.1 Å². The van der Waals surface area contributed by atoms with Gasteiger partial charge in [-0.05, 0) is 11.1 Å². The monoisotopic (exact) mass is 371 g/mol. The highest BCUT2D eigenvalue weighted by atomic mass is 16.7. The van der Waals surface area contributed by atoms with Crippen molar-refractivity contribution in [3.05, 3.63) is 71.8 Å². The van der Waals surface area contributed by atoms with E-state index in [2.05, 4.69) is 0 Å². The average Bonchev–Trinajstić information content (AvgIpc) is 3.21. The summed E-state index contributed by atoms with van der Waals surface area (Å²) < 4.78 is 5.90. The van der Waals surface area contributed by atoms with Crippen LogP contribution < -0.4 is 0 Å². The first kappa shape index (κ1) is 18.6. The molecule has 2 aliphatic rings. The maximum absolute atomic E-state index is 11.1. The van der Waals surface area contributed by atoms with Crippen LogP contribution in [-0.4, -0.2) is 57.4 Å². The first-order valence-corrected chi connectivity index (χ1v) is 9.24. The van der Waals surface area contributed by atoms with Crippen molar-refractivity contribution in [1.82, 2.24) is 5.06 Å². The summed E-state index contributed by atoms with van der Waals surface area (Å²) in [4.78, 5) is 5.75. The summed E-state index contributed by atoms with van der Waals surface area (Å²) in [7, 11) is 0. The van der Waals surface area contributed by atoms with Gasteiger partial charge in [0, 0.05) is 12.5 Å². The lowest BCUT2D eigenvalue weighted by Gasteiger charge is -2.32. The Morgan fingerprint density at radius 2 is 1.67 bits per heavy atom. The van der Waals surface area contributed by atoms with E-state index in [-0.39, 0.29) is 13.2 Å². The lowest BCUT2D eigenvalue weighted by Crippen LogP contribution is -2.51. The third-order valence-corrected chi connectivity index (χ3v) is 5.67. The largest absolute Gasteiger partial charge is 0.393 e. The minimum atomic E-state index is -1.55. The van der Waals surface area contributed by atoms with Crippen LogP contribution in [-0.2, 0) is 22.7 Å². The standard InChI is InChI=1S/C21H25NO5/c23-14-21(25)17-13-27-22(11-15-7-3-1-4-8-15)18(17)19(24)20(21)26-12-16-9-5-2-6-10-16/h1-10,17-20,23-25H,11-14H2/t17?,18?,19-,20+,21+/m0/s1. The summed E-state index contributed by atoms with van der Waals surface area (Å²) in [5, 5.41) is 33.7. The first-order valence-electron chi connectivity index (χ1n) is 9.24. The van der Waals surface area contributed by atoms with Crippen molar-refractivity contribution in [2.75, 3.05) is 13.2 Å². The Morgan fingerprint density at radius 3 is 2.30 bits per heavy atom. The number of fused-ring (bicyclic) bond motifs is 1. The van der Waals surface area contributed by atoms with Crippen molar-refractivity contribution in [3.8, 4) is 0 Å². The van der Waals surface area contributed by atoms with Gasteiger partial charge in [0.05, 0.1) is 25.9 Å². The number of aliphatic hydroxyl groups excluding tert-OH is 2. The zero-order valence-electron chi connectivity index (χ0n) is 15.0. The van der Waals surface area contributed by atoms with Crippen LogP contribution in [0.2, 0.25) is 0 Å². The van der Waals surface area contributed by atoms with Gasteiger partial charge in [0.1, 0.15) is 17.8 Å². The van der Waals surface area contributed by atoms with E-state index in [1.807, 2.05) is 60.7 Å². The Labute approximate surface area is 158 Å². The Hall–Kier alpha value is -1.80. The van der Waals surface area contributed by atoms with Crippen molar-refractivity contribution in [3.63, 3.8) is 0 Å². The second-order valence-electron chi connectivity index (χ2n) is 7.31. The maximum atomic E-state index is 11.1. The number of hydrogen-bond acceptors (Lipinski definition) is 6. The van der Waals surface area contributed by atoms with Crippen LogP contribution in [0.4, 0.5) is 0 Å². The van der Waals surface area contributed by atoms with Gasteiger partial charge in [-0.15, -0.1) is 0 Å². The summed E-state index contributed by atoms with van der Waals surface area (Å²) in [5.41, 5.74) is 0.440. The number of aliphatic hydroxyl groups is 3. The van der Waals surface area contributed by atoms with Gasteiger partial charge in [-0.25, -0.2) is 0 Å². The lowest BCUT2D eigenvalue weighted by atomic mass is 9.89. The van der Waals surface area contributed by atoms with Crippen LogP contribution in [0.15, 0.2) is 60.7 Å². The van der Waals surface area contributed by atoms with Crippen LogP contribution in [0, 0.1) is 5.92 Å². The number of nitrogens with zero attached hydrogens (tertiary/aromatic N) is 1. The van der Waals surface area contributed by atoms with Gasteiger partial charge >= 0.3 is 0 Å². The molecule has 5 atom stereocenters. The predicted molar refractivity (Wildman–Crippen MR) is 98.3 cm³/mol. The molecular weight excluding hydrogens is 346 g/mol. The van der Waals surface area contributed by atoms with Crippen LogP contribution in [0.25, 0.3) is 0 Å². The molecule has 0 spiro atoms. The molecule has 1 aliphatic heterocycles. The SMILES string of the molecule is OC[C@@]1(O)C2CON(Cc3ccccc3)C2[C@H](O)[C@H]1OCc1ccccc1. The van der Waals surface area contributed by atoms with Crippen molar-refractivity contribution in [2.24, 2.45) is 5.92 Å². The zero-order chi connectivity index (χ0) is 18.9. The van der Waals surface area contributed by atoms with Gasteiger partial charge < -0.3 is 20.1 Å². The summed E-state index contributed by atoms with van der Waals surface area (Å²) in [6, 6.07) is 18.9. The molecule has 1 saturated carbocycles. The molecule has 3 N–H and O–H groups in total. The first-order chi connectivity index (χ1) is 13.1. The molecule has 27 heavy (non-hydrogen) atoms.